The molecule has 3 aromatic rings. The lowest BCUT2D eigenvalue weighted by Crippen LogP contribution is -2.76. The number of aromatic hydroxyl groups is 1. The maximum atomic E-state index is 14.3. The fraction of sp³-hybridized carbons (Fsp3) is 0.324. The number of nitrogens with one attached hydrogen (secondary N) is 1. The number of nitrogens with zero attached hydrogens (tertiary/aromatic N) is 4. The highest BCUT2D eigenvalue weighted by Gasteiger charge is 2.51. The molecule has 0 aliphatic carbocycles. The van der Waals surface area contributed by atoms with Crippen molar-refractivity contribution in [3.63, 3.8) is 0 Å². The van der Waals surface area contributed by atoms with E-state index < -0.39 is 18.2 Å². The molecule has 2 heterocycles. The molecule has 242 valence electrons. The number of hydrogen-bond donors (Lipinski definition) is 2. The third-order valence-electron chi connectivity index (χ3n) is 8.18. The number of urea groups is 1. The topological polar surface area (TPSA) is 124 Å². The Bertz CT molecular complexity index is 1570. The molecule has 2 fully saturated rings. The number of ether oxygens (including phenoxy) is 3. The van der Waals surface area contributed by atoms with Crippen molar-refractivity contribution in [1.29, 1.82) is 0 Å². The number of phenols is 1. The molecule has 2 N–H and O–H groups in total. The molecule has 3 aromatic carbocycles. The largest absolute Gasteiger partial charge is 0.508 e. The first-order valence-electron chi connectivity index (χ1n) is 14.9. The second-order valence-corrected chi connectivity index (χ2v) is 11.0. The number of rotatable bonds is 11. The van der Waals surface area contributed by atoms with Gasteiger partial charge in [0.05, 0.1) is 34.4 Å². The van der Waals surface area contributed by atoms with Gasteiger partial charge in [0.25, 0.3) is 0 Å². The minimum Gasteiger partial charge on any atom is -0.508 e. The van der Waals surface area contributed by atoms with Crippen molar-refractivity contribution >= 4 is 17.8 Å². The van der Waals surface area contributed by atoms with Crippen LogP contribution in [0.2, 0.25) is 0 Å². The molecule has 2 aliphatic heterocycles. The van der Waals surface area contributed by atoms with E-state index in [0.717, 1.165) is 11.1 Å². The summed E-state index contributed by atoms with van der Waals surface area (Å²) in [6, 6.07) is 18.3. The van der Waals surface area contributed by atoms with Gasteiger partial charge in [0.1, 0.15) is 18.0 Å². The predicted molar refractivity (Wildman–Crippen MR) is 170 cm³/mol. The Labute approximate surface area is 268 Å². The summed E-state index contributed by atoms with van der Waals surface area (Å²) >= 11 is 0. The molecule has 0 radical (unpaired) electrons. The molecule has 2 aliphatic rings. The van der Waals surface area contributed by atoms with Crippen molar-refractivity contribution in [2.75, 3.05) is 41.0 Å². The number of fused-ring (bicyclic) bond motifs is 1. The maximum absolute atomic E-state index is 14.3. The van der Waals surface area contributed by atoms with Crippen molar-refractivity contribution in [3.05, 3.63) is 96.1 Å². The summed E-state index contributed by atoms with van der Waals surface area (Å²) in [6.45, 7) is 4.41. The van der Waals surface area contributed by atoms with Crippen LogP contribution >= 0.6 is 0 Å². The summed E-state index contributed by atoms with van der Waals surface area (Å²) in [5, 5.41) is 16.0. The summed E-state index contributed by atoms with van der Waals surface area (Å²) in [5.74, 6) is 0.812. The van der Waals surface area contributed by atoms with E-state index in [1.54, 1.807) is 52.4 Å². The van der Waals surface area contributed by atoms with Gasteiger partial charge in [-0.25, -0.2) is 14.8 Å². The SMILES string of the molecule is C=CCN1CC(=O)N2C(Cc3ccc(O)cc3)C(=O)N(Cc3ccc(OC)c(OC)c3OC)CC2N1C(=O)NCc1ccccc1. The van der Waals surface area contributed by atoms with E-state index in [2.05, 4.69) is 11.9 Å². The Kier molecular flexibility index (Phi) is 9.97. The van der Waals surface area contributed by atoms with E-state index in [1.807, 2.05) is 30.3 Å². The number of hydrazine groups is 1. The first-order chi connectivity index (χ1) is 22.3. The van der Waals surface area contributed by atoms with Gasteiger partial charge in [-0.3, -0.25) is 9.59 Å². The Hall–Kier alpha value is -5.23. The lowest BCUT2D eigenvalue weighted by Gasteiger charge is -2.55. The zero-order chi connectivity index (χ0) is 32.8. The smallest absolute Gasteiger partial charge is 0.334 e. The van der Waals surface area contributed by atoms with Gasteiger partial charge in [-0.15, -0.1) is 6.58 Å². The minimum atomic E-state index is -0.919. The number of amides is 4. The normalized spacial score (nSPS) is 18.2. The van der Waals surface area contributed by atoms with E-state index in [1.165, 1.54) is 31.2 Å². The lowest BCUT2D eigenvalue weighted by atomic mass is 9.98. The zero-order valence-electron chi connectivity index (χ0n) is 26.2. The van der Waals surface area contributed by atoms with E-state index in [9.17, 15) is 19.5 Å². The molecular weight excluding hydrogens is 590 g/mol. The molecule has 12 heteroatoms. The number of benzene rings is 3. The third kappa shape index (κ3) is 6.57. The Morgan fingerprint density at radius 3 is 2.33 bits per heavy atom. The van der Waals surface area contributed by atoms with Crippen molar-refractivity contribution in [1.82, 2.24) is 25.1 Å². The van der Waals surface area contributed by atoms with Crippen LogP contribution in [0.25, 0.3) is 0 Å². The van der Waals surface area contributed by atoms with Crippen LogP contribution in [0.4, 0.5) is 4.79 Å². The van der Waals surface area contributed by atoms with Gasteiger partial charge < -0.3 is 34.4 Å². The van der Waals surface area contributed by atoms with Crippen LogP contribution in [-0.2, 0) is 29.1 Å². The van der Waals surface area contributed by atoms with Crippen molar-refractivity contribution in [2.24, 2.45) is 0 Å². The lowest BCUT2D eigenvalue weighted by molar-refractivity contribution is -0.189. The maximum Gasteiger partial charge on any atom is 0.334 e. The number of methoxy groups -OCH3 is 3. The molecule has 0 saturated carbocycles. The number of carbonyl (C=O) groups is 3. The first kappa shape index (κ1) is 32.2. The zero-order valence-corrected chi connectivity index (χ0v) is 26.2. The van der Waals surface area contributed by atoms with Gasteiger partial charge in [0, 0.05) is 31.6 Å². The summed E-state index contributed by atoms with van der Waals surface area (Å²) in [6.07, 6.45) is 0.999. The fourth-order valence-electron chi connectivity index (χ4n) is 6.05. The highest BCUT2D eigenvalue weighted by atomic mass is 16.5. The molecular formula is C34H39N5O7. The molecule has 0 aromatic heterocycles. The molecule has 2 atom stereocenters. The summed E-state index contributed by atoms with van der Waals surface area (Å²) in [5.41, 5.74) is 2.33. The van der Waals surface area contributed by atoms with E-state index in [0.29, 0.717) is 22.8 Å². The molecule has 2 saturated heterocycles. The van der Waals surface area contributed by atoms with Crippen LogP contribution in [-0.4, -0.2) is 95.9 Å². The van der Waals surface area contributed by atoms with E-state index in [4.69, 9.17) is 14.2 Å². The highest BCUT2D eigenvalue weighted by molar-refractivity contribution is 5.91. The van der Waals surface area contributed by atoms with Gasteiger partial charge in [-0.2, -0.15) is 0 Å². The monoisotopic (exact) mass is 629 g/mol. The summed E-state index contributed by atoms with van der Waals surface area (Å²) in [4.78, 5) is 45.2. The van der Waals surface area contributed by atoms with Crippen molar-refractivity contribution in [2.45, 2.75) is 31.7 Å². The average molecular weight is 630 g/mol. The predicted octanol–water partition coefficient (Wildman–Crippen LogP) is 3.15. The van der Waals surface area contributed by atoms with E-state index in [-0.39, 0.29) is 56.7 Å². The van der Waals surface area contributed by atoms with Gasteiger partial charge in [0.2, 0.25) is 17.6 Å². The number of piperazine rings is 1. The van der Waals surface area contributed by atoms with Crippen LogP contribution < -0.4 is 19.5 Å². The standard InChI is InChI=1S/C34H39N5O7/c1-5-17-37-22-30(41)38-27(18-23-11-14-26(40)15-12-23)33(42)36(20-25-13-16-28(44-2)32(46-4)31(25)45-3)21-29(38)39(37)34(43)35-19-24-9-7-6-8-10-24/h5-16,27,29,40H,1,17-22H2,2-4H3,(H,35,43). The quantitative estimate of drug-likeness (QED) is 0.310. The van der Waals surface area contributed by atoms with Crippen molar-refractivity contribution in [3.8, 4) is 23.0 Å². The molecule has 12 nitrogen and oxygen atoms in total. The van der Waals surface area contributed by atoms with Crippen LogP contribution in [0, 0.1) is 0 Å². The van der Waals surface area contributed by atoms with Crippen LogP contribution in [0.1, 0.15) is 16.7 Å². The summed E-state index contributed by atoms with van der Waals surface area (Å²) in [7, 11) is 4.55. The van der Waals surface area contributed by atoms with Gasteiger partial charge in [0.15, 0.2) is 11.5 Å². The third-order valence-corrected chi connectivity index (χ3v) is 8.18. The Morgan fingerprint density at radius 2 is 1.67 bits per heavy atom. The molecule has 46 heavy (non-hydrogen) atoms. The van der Waals surface area contributed by atoms with Crippen LogP contribution in [0.3, 0.4) is 0 Å². The van der Waals surface area contributed by atoms with Crippen LogP contribution in [0.5, 0.6) is 23.0 Å². The van der Waals surface area contributed by atoms with Gasteiger partial charge in [-0.1, -0.05) is 48.5 Å². The van der Waals surface area contributed by atoms with E-state index >= 15 is 0 Å². The van der Waals surface area contributed by atoms with Crippen molar-refractivity contribution < 1.29 is 33.7 Å². The Morgan fingerprint density at radius 1 is 0.957 bits per heavy atom. The fourth-order valence-corrected chi connectivity index (χ4v) is 6.05. The molecule has 2 unspecified atom stereocenters. The number of phenolic OH excluding ortho intramolecular Hbond substituents is 1. The second kappa shape index (κ2) is 14.2. The Balaban J connectivity index is 1.54. The molecule has 4 amide bonds. The number of hydrogen-bond acceptors (Lipinski definition) is 8. The summed E-state index contributed by atoms with van der Waals surface area (Å²) < 4.78 is 16.7. The van der Waals surface area contributed by atoms with Crippen LogP contribution in [0.15, 0.2) is 79.4 Å². The molecule has 5 rings (SSSR count). The number of carbonyl (C=O) groups excluding carboxylic acids is 3. The first-order valence-corrected chi connectivity index (χ1v) is 14.9. The van der Waals surface area contributed by atoms with Gasteiger partial charge >= 0.3 is 6.03 Å². The van der Waals surface area contributed by atoms with Gasteiger partial charge in [-0.05, 0) is 35.4 Å². The minimum absolute atomic E-state index is 0.0422. The second-order valence-electron chi connectivity index (χ2n) is 11.0. The molecule has 0 bridgehead atoms. The molecule has 0 spiro atoms. The average Bonchev–Trinajstić information content (AvgIpc) is 3.06. The highest BCUT2D eigenvalue weighted by Crippen LogP contribution is 2.41.